The largest absolute Gasteiger partial charge is 0.355 e. The highest BCUT2D eigenvalue weighted by molar-refractivity contribution is 7.11. The van der Waals surface area contributed by atoms with E-state index < -0.39 is 0 Å². The van der Waals surface area contributed by atoms with Gasteiger partial charge >= 0.3 is 0 Å². The smallest absolute Gasteiger partial charge is 0.245 e. The van der Waals surface area contributed by atoms with Gasteiger partial charge in [-0.1, -0.05) is 24.8 Å². The molecule has 0 N–H and O–H groups in total. The van der Waals surface area contributed by atoms with E-state index in [1.54, 1.807) is 34.4 Å². The van der Waals surface area contributed by atoms with Crippen molar-refractivity contribution in [1.82, 2.24) is 14.9 Å². The maximum atomic E-state index is 15.2. The normalized spacial score (nSPS) is 17.7. The molecule has 2 aliphatic heterocycles. The number of rotatable bonds is 4. The molecule has 3 aromatic rings. The van der Waals surface area contributed by atoms with E-state index in [0.717, 1.165) is 41.2 Å². The molecule has 0 radical (unpaired) electrons. The van der Waals surface area contributed by atoms with Crippen molar-refractivity contribution in [3.05, 3.63) is 75.6 Å². The summed E-state index contributed by atoms with van der Waals surface area (Å²) in [5.74, 6) is 0.205. The summed E-state index contributed by atoms with van der Waals surface area (Å²) in [4.78, 5) is 26.6. The van der Waals surface area contributed by atoms with Crippen LogP contribution < -0.4 is 4.90 Å². The van der Waals surface area contributed by atoms with Gasteiger partial charge in [0, 0.05) is 42.7 Å². The minimum atomic E-state index is -0.345. The summed E-state index contributed by atoms with van der Waals surface area (Å²) >= 11 is 1.62. The Hall–Kier alpha value is -3.83. The Labute approximate surface area is 219 Å². The number of amides is 1. The average molecular weight is 512 g/mol. The highest BCUT2D eigenvalue weighted by Crippen LogP contribution is 2.45. The molecule has 8 heteroatoms. The van der Waals surface area contributed by atoms with Crippen LogP contribution in [0.5, 0.6) is 0 Å². The van der Waals surface area contributed by atoms with E-state index in [2.05, 4.69) is 28.6 Å². The number of pyridine rings is 1. The third kappa shape index (κ3) is 3.85. The first-order valence-corrected chi connectivity index (χ1v) is 13.3. The molecule has 6 rings (SSSR count). The Morgan fingerprint density at radius 2 is 2.08 bits per heavy atom. The van der Waals surface area contributed by atoms with Crippen molar-refractivity contribution in [3.63, 3.8) is 0 Å². The molecule has 1 aromatic carbocycles. The number of aryl methyl sites for hydroxylation is 1. The van der Waals surface area contributed by atoms with Crippen molar-refractivity contribution in [3.8, 4) is 17.2 Å². The van der Waals surface area contributed by atoms with Crippen LogP contribution in [0.15, 0.2) is 42.4 Å². The molecular formula is C29H26FN5OS. The Kier molecular flexibility index (Phi) is 5.68. The average Bonchev–Trinajstić information content (AvgIpc) is 3.53. The van der Waals surface area contributed by atoms with Crippen LogP contribution in [0, 0.1) is 29.5 Å². The van der Waals surface area contributed by atoms with E-state index in [-0.39, 0.29) is 17.1 Å². The number of hydrogen-bond donors (Lipinski definition) is 0. The van der Waals surface area contributed by atoms with Crippen molar-refractivity contribution < 1.29 is 9.18 Å². The van der Waals surface area contributed by atoms with Gasteiger partial charge in [-0.05, 0) is 55.5 Å². The number of allylic oxidation sites excluding steroid dienone is 1. The number of carbonyl (C=O) groups is 1. The van der Waals surface area contributed by atoms with Gasteiger partial charge in [-0.3, -0.25) is 4.79 Å². The van der Waals surface area contributed by atoms with Crippen LogP contribution in [-0.4, -0.2) is 47.0 Å². The van der Waals surface area contributed by atoms with Gasteiger partial charge in [0.2, 0.25) is 5.91 Å². The third-order valence-electron chi connectivity index (χ3n) is 7.84. The fourth-order valence-corrected chi connectivity index (χ4v) is 6.86. The van der Waals surface area contributed by atoms with Gasteiger partial charge in [-0.2, -0.15) is 5.26 Å². The summed E-state index contributed by atoms with van der Waals surface area (Å²) in [6.45, 7) is 8.39. The lowest BCUT2D eigenvalue weighted by Crippen LogP contribution is -2.59. The fraction of sp³-hybridized carbons (Fsp3) is 0.310. The molecule has 1 aliphatic carbocycles. The molecule has 186 valence electrons. The predicted molar refractivity (Wildman–Crippen MR) is 143 cm³/mol. The first-order chi connectivity index (χ1) is 17.9. The number of hydrogen-bond acceptors (Lipinski definition) is 6. The lowest BCUT2D eigenvalue weighted by atomic mass is 9.79. The molecule has 4 heterocycles. The number of nitrogens with zero attached hydrogens (tertiary/aromatic N) is 5. The van der Waals surface area contributed by atoms with E-state index >= 15 is 4.39 Å². The van der Waals surface area contributed by atoms with Gasteiger partial charge in [0.05, 0.1) is 21.8 Å². The molecule has 1 amide bonds. The molecule has 2 saturated heterocycles. The summed E-state index contributed by atoms with van der Waals surface area (Å²) in [5, 5.41) is 10.4. The molecule has 0 bridgehead atoms. The molecule has 0 unspecified atom stereocenters. The minimum Gasteiger partial charge on any atom is -0.355 e. The molecule has 1 spiro atoms. The zero-order valence-corrected chi connectivity index (χ0v) is 21.4. The van der Waals surface area contributed by atoms with Crippen LogP contribution in [0.2, 0.25) is 0 Å². The van der Waals surface area contributed by atoms with E-state index in [0.29, 0.717) is 48.6 Å². The third-order valence-corrected chi connectivity index (χ3v) is 8.84. The maximum absolute atomic E-state index is 15.2. The van der Waals surface area contributed by atoms with Gasteiger partial charge in [-0.15, -0.1) is 11.3 Å². The van der Waals surface area contributed by atoms with Gasteiger partial charge in [0.1, 0.15) is 23.3 Å². The molecule has 2 aromatic heterocycles. The lowest BCUT2D eigenvalue weighted by Gasteiger charge is -2.47. The summed E-state index contributed by atoms with van der Waals surface area (Å²) in [6, 6.07) is 9.05. The highest BCUT2D eigenvalue weighted by atomic mass is 32.1. The van der Waals surface area contributed by atoms with E-state index in [9.17, 15) is 10.1 Å². The fourth-order valence-electron chi connectivity index (χ4n) is 6.01. The summed E-state index contributed by atoms with van der Waals surface area (Å²) in [7, 11) is 0. The van der Waals surface area contributed by atoms with Gasteiger partial charge < -0.3 is 9.80 Å². The number of likely N-dealkylation sites (tertiary alicyclic amines) is 1. The topological polar surface area (TPSA) is 73.1 Å². The number of anilines is 1. The molecule has 0 atom stereocenters. The van der Waals surface area contributed by atoms with Crippen LogP contribution in [0.25, 0.3) is 22.8 Å². The number of benzene rings is 1. The predicted octanol–water partition coefficient (Wildman–Crippen LogP) is 5.24. The van der Waals surface area contributed by atoms with Gasteiger partial charge in [0.25, 0.3) is 0 Å². The zero-order chi connectivity index (χ0) is 25.7. The molecule has 2 fully saturated rings. The summed E-state index contributed by atoms with van der Waals surface area (Å²) in [6.07, 6.45) is 5.81. The first-order valence-electron chi connectivity index (χ1n) is 12.4. The molecule has 6 nitrogen and oxygen atoms in total. The van der Waals surface area contributed by atoms with Gasteiger partial charge in [0.15, 0.2) is 0 Å². The SMILES string of the molecule is C=CC(=O)N1CC2(CCN(c3nc4c(c(-c5ccccc5F)c3C#N)CCC(c3scnc3C)=C4)C2)C1. The maximum Gasteiger partial charge on any atom is 0.245 e. The monoisotopic (exact) mass is 511 g/mol. The summed E-state index contributed by atoms with van der Waals surface area (Å²) in [5.41, 5.74) is 7.22. The van der Waals surface area contributed by atoms with Crippen LogP contribution in [0.1, 0.15) is 40.2 Å². The lowest BCUT2D eigenvalue weighted by molar-refractivity contribution is -0.136. The van der Waals surface area contributed by atoms with E-state index in [1.165, 1.54) is 17.7 Å². The van der Waals surface area contributed by atoms with E-state index in [4.69, 9.17) is 4.98 Å². The second kappa shape index (κ2) is 8.93. The molecular weight excluding hydrogens is 485 g/mol. The van der Waals surface area contributed by atoms with Gasteiger partial charge in [-0.25, -0.2) is 14.4 Å². The number of carbonyl (C=O) groups excluding carboxylic acids is 1. The Morgan fingerprint density at radius 3 is 2.78 bits per heavy atom. The first kappa shape index (κ1) is 23.6. The highest BCUT2D eigenvalue weighted by Gasteiger charge is 2.49. The van der Waals surface area contributed by atoms with Crippen molar-refractivity contribution >= 4 is 34.7 Å². The van der Waals surface area contributed by atoms with Crippen molar-refractivity contribution in [2.75, 3.05) is 31.1 Å². The standard InChI is InChI=1S/C29H26FN5OS/c1-3-25(36)35-15-29(16-35)10-11-34(14-29)28-22(13-31)26(20-6-4-5-7-23(20)30)21-9-8-19(12-24(21)33-28)27-18(2)32-17-37-27/h3-7,12,17H,1,8-11,14-16H2,2H3. The quantitative estimate of drug-likeness (QED) is 0.448. The Morgan fingerprint density at radius 1 is 1.27 bits per heavy atom. The van der Waals surface area contributed by atoms with Crippen molar-refractivity contribution in [2.45, 2.75) is 26.2 Å². The Bertz CT molecular complexity index is 1510. The minimum absolute atomic E-state index is 0.0120. The molecule has 37 heavy (non-hydrogen) atoms. The number of fused-ring (bicyclic) bond motifs is 1. The van der Waals surface area contributed by atoms with Crippen LogP contribution >= 0.6 is 11.3 Å². The van der Waals surface area contributed by atoms with Crippen LogP contribution in [0.3, 0.4) is 0 Å². The van der Waals surface area contributed by atoms with Crippen molar-refractivity contribution in [2.24, 2.45) is 5.41 Å². The van der Waals surface area contributed by atoms with Crippen molar-refractivity contribution in [1.29, 1.82) is 5.26 Å². The van der Waals surface area contributed by atoms with E-state index in [1.807, 2.05) is 12.4 Å². The molecule has 3 aliphatic rings. The molecule has 0 saturated carbocycles. The number of nitriles is 1. The number of thiazole rings is 1. The zero-order valence-electron chi connectivity index (χ0n) is 20.6. The Balaban J connectivity index is 1.47. The summed E-state index contributed by atoms with van der Waals surface area (Å²) < 4.78 is 15.2. The second-order valence-corrected chi connectivity index (χ2v) is 11.0. The van der Waals surface area contributed by atoms with Crippen LogP contribution in [0.4, 0.5) is 10.2 Å². The number of aromatic nitrogens is 2. The van der Waals surface area contributed by atoms with Crippen LogP contribution in [-0.2, 0) is 11.2 Å². The number of halogens is 1. The second-order valence-electron chi connectivity index (χ2n) is 10.1.